The van der Waals surface area contributed by atoms with Crippen LogP contribution in [0, 0.1) is 0 Å². The van der Waals surface area contributed by atoms with Gasteiger partial charge in [-0.15, -0.1) is 10.2 Å². The second kappa shape index (κ2) is 8.08. The Kier molecular flexibility index (Phi) is 6.42. The number of aryl methyl sites for hydroxylation is 1. The number of aromatic nitrogens is 2. The van der Waals surface area contributed by atoms with Gasteiger partial charge in [0.25, 0.3) is 0 Å². The minimum atomic E-state index is 0.709. The highest BCUT2D eigenvalue weighted by atomic mass is 79.9. The fourth-order valence-corrected chi connectivity index (χ4v) is 3.14. The van der Waals surface area contributed by atoms with Crippen molar-refractivity contribution in [2.75, 3.05) is 13.1 Å². The van der Waals surface area contributed by atoms with E-state index in [0.717, 1.165) is 46.0 Å². The first-order valence-corrected chi connectivity index (χ1v) is 8.68. The van der Waals surface area contributed by atoms with Crippen molar-refractivity contribution >= 4 is 38.9 Å². The van der Waals surface area contributed by atoms with Gasteiger partial charge in [-0.25, -0.2) is 0 Å². The van der Waals surface area contributed by atoms with Gasteiger partial charge in [-0.1, -0.05) is 35.9 Å². The molecule has 20 heavy (non-hydrogen) atoms. The molecule has 108 valence electrons. The fraction of sp³-hybridized carbons (Fsp3) is 0.429. The van der Waals surface area contributed by atoms with Gasteiger partial charge in [0.1, 0.15) is 10.0 Å². The zero-order valence-electron chi connectivity index (χ0n) is 11.3. The van der Waals surface area contributed by atoms with Crippen molar-refractivity contribution in [3.63, 3.8) is 0 Å². The Bertz CT molecular complexity index is 559. The molecule has 1 aromatic carbocycles. The lowest BCUT2D eigenvalue weighted by atomic mass is 10.2. The van der Waals surface area contributed by atoms with Gasteiger partial charge < -0.3 is 5.32 Å². The molecule has 2 aromatic rings. The summed E-state index contributed by atoms with van der Waals surface area (Å²) in [5, 5.41) is 14.6. The third-order valence-corrected chi connectivity index (χ3v) is 5.05. The van der Waals surface area contributed by atoms with Crippen molar-refractivity contribution in [2.45, 2.75) is 26.2 Å². The maximum absolute atomic E-state index is 6.00. The van der Waals surface area contributed by atoms with Crippen molar-refractivity contribution in [2.24, 2.45) is 0 Å². The number of hydrogen-bond donors (Lipinski definition) is 1. The van der Waals surface area contributed by atoms with E-state index in [1.807, 2.05) is 18.2 Å². The number of nitrogens with one attached hydrogen (secondary N) is 1. The molecule has 0 aliphatic heterocycles. The highest BCUT2D eigenvalue weighted by molar-refractivity contribution is 9.10. The predicted molar refractivity (Wildman–Crippen MR) is 89.5 cm³/mol. The van der Waals surface area contributed by atoms with E-state index in [-0.39, 0.29) is 0 Å². The molecule has 0 aliphatic carbocycles. The van der Waals surface area contributed by atoms with Gasteiger partial charge in [0.15, 0.2) is 0 Å². The normalized spacial score (nSPS) is 10.9. The van der Waals surface area contributed by atoms with E-state index < -0.39 is 0 Å². The molecule has 6 heteroatoms. The maximum Gasteiger partial charge on any atom is 0.147 e. The summed E-state index contributed by atoms with van der Waals surface area (Å²) in [7, 11) is 0. The Labute approximate surface area is 136 Å². The van der Waals surface area contributed by atoms with Crippen molar-refractivity contribution < 1.29 is 0 Å². The van der Waals surface area contributed by atoms with E-state index in [1.54, 1.807) is 11.3 Å². The van der Waals surface area contributed by atoms with Crippen molar-refractivity contribution in [3.8, 4) is 10.6 Å². The van der Waals surface area contributed by atoms with Crippen molar-refractivity contribution in [1.29, 1.82) is 0 Å². The van der Waals surface area contributed by atoms with Crippen LogP contribution in [0.4, 0.5) is 0 Å². The van der Waals surface area contributed by atoms with E-state index in [1.165, 1.54) is 6.42 Å². The SMILES string of the molecule is CCCNCCCc1nnc(-c2ccc(Cl)c(Br)c2)s1. The summed E-state index contributed by atoms with van der Waals surface area (Å²) in [6.45, 7) is 4.30. The second-order valence-corrected chi connectivity index (χ2v) is 6.81. The molecule has 0 saturated heterocycles. The Hall–Kier alpha value is -0.490. The van der Waals surface area contributed by atoms with E-state index in [9.17, 15) is 0 Å². The first-order chi connectivity index (χ1) is 9.70. The number of halogens is 2. The van der Waals surface area contributed by atoms with Gasteiger partial charge in [0.2, 0.25) is 0 Å². The third kappa shape index (κ3) is 4.52. The lowest BCUT2D eigenvalue weighted by Gasteiger charge is -2.00. The standard InChI is InChI=1S/C14H17BrClN3S/c1-2-7-17-8-3-4-13-18-19-14(20-13)10-5-6-12(16)11(15)9-10/h5-6,9,17H,2-4,7-8H2,1H3. The Morgan fingerprint density at radius 3 is 2.90 bits per heavy atom. The topological polar surface area (TPSA) is 37.8 Å². The molecule has 0 aliphatic rings. The van der Waals surface area contributed by atoms with Crippen LogP contribution in [-0.4, -0.2) is 23.3 Å². The average molecular weight is 375 g/mol. The first kappa shape index (κ1) is 15.9. The quantitative estimate of drug-likeness (QED) is 0.722. The monoisotopic (exact) mass is 373 g/mol. The molecule has 2 rings (SSSR count). The van der Waals surface area contributed by atoms with Gasteiger partial charge in [0.05, 0.1) is 5.02 Å². The highest BCUT2D eigenvalue weighted by Gasteiger charge is 2.08. The molecule has 0 atom stereocenters. The lowest BCUT2D eigenvalue weighted by Crippen LogP contribution is -2.16. The van der Waals surface area contributed by atoms with E-state index in [2.05, 4.69) is 38.4 Å². The van der Waals surface area contributed by atoms with Crippen molar-refractivity contribution in [1.82, 2.24) is 15.5 Å². The van der Waals surface area contributed by atoms with Crippen LogP contribution in [0.25, 0.3) is 10.6 Å². The van der Waals surface area contributed by atoms with Crippen LogP contribution in [0.15, 0.2) is 22.7 Å². The number of hydrogen-bond acceptors (Lipinski definition) is 4. The van der Waals surface area contributed by atoms with Gasteiger partial charge in [-0.05, 0) is 54.0 Å². The summed E-state index contributed by atoms with van der Waals surface area (Å²) >= 11 is 11.1. The Balaban J connectivity index is 1.93. The predicted octanol–water partition coefficient (Wildman–Crippen LogP) is 4.55. The molecule has 3 nitrogen and oxygen atoms in total. The average Bonchev–Trinajstić information content (AvgIpc) is 2.90. The number of benzene rings is 1. The minimum Gasteiger partial charge on any atom is -0.317 e. The molecule has 1 N–H and O–H groups in total. The molecule has 0 radical (unpaired) electrons. The van der Waals surface area contributed by atoms with Crippen LogP contribution in [0.2, 0.25) is 5.02 Å². The molecule has 0 amide bonds. The zero-order valence-corrected chi connectivity index (χ0v) is 14.5. The maximum atomic E-state index is 6.00. The second-order valence-electron chi connectivity index (χ2n) is 4.48. The fourth-order valence-electron chi connectivity index (χ4n) is 1.77. The van der Waals surface area contributed by atoms with E-state index in [4.69, 9.17) is 11.6 Å². The summed E-state index contributed by atoms with van der Waals surface area (Å²) in [6.07, 6.45) is 3.25. The number of rotatable bonds is 7. The smallest absolute Gasteiger partial charge is 0.147 e. The third-order valence-electron chi connectivity index (χ3n) is 2.80. The minimum absolute atomic E-state index is 0.709. The van der Waals surface area contributed by atoms with Crippen LogP contribution in [0.1, 0.15) is 24.8 Å². The summed E-state index contributed by atoms with van der Waals surface area (Å²) in [5.74, 6) is 0. The van der Waals surface area contributed by atoms with Crippen LogP contribution in [0.3, 0.4) is 0 Å². The first-order valence-electron chi connectivity index (χ1n) is 6.69. The van der Waals surface area contributed by atoms with Gasteiger partial charge in [-0.3, -0.25) is 0 Å². The molecule has 0 fully saturated rings. The van der Waals surface area contributed by atoms with E-state index >= 15 is 0 Å². The molecular formula is C14H17BrClN3S. The number of nitrogens with zero attached hydrogens (tertiary/aromatic N) is 2. The molecule has 0 unspecified atom stereocenters. The van der Waals surface area contributed by atoms with Crippen LogP contribution >= 0.6 is 38.9 Å². The van der Waals surface area contributed by atoms with Gasteiger partial charge in [-0.2, -0.15) is 0 Å². The van der Waals surface area contributed by atoms with Crippen LogP contribution < -0.4 is 5.32 Å². The molecule has 0 spiro atoms. The molecule has 0 bridgehead atoms. The summed E-state index contributed by atoms with van der Waals surface area (Å²) in [6, 6.07) is 5.83. The largest absolute Gasteiger partial charge is 0.317 e. The molecule has 1 aromatic heterocycles. The Morgan fingerprint density at radius 1 is 1.30 bits per heavy atom. The summed E-state index contributed by atoms with van der Waals surface area (Å²) in [5.41, 5.74) is 1.05. The summed E-state index contributed by atoms with van der Waals surface area (Å²) in [4.78, 5) is 0. The Morgan fingerprint density at radius 2 is 2.15 bits per heavy atom. The van der Waals surface area contributed by atoms with Crippen molar-refractivity contribution in [3.05, 3.63) is 32.7 Å². The van der Waals surface area contributed by atoms with E-state index in [0.29, 0.717) is 5.02 Å². The van der Waals surface area contributed by atoms with Crippen LogP contribution in [0.5, 0.6) is 0 Å². The molecule has 0 saturated carbocycles. The molecule has 1 heterocycles. The zero-order chi connectivity index (χ0) is 14.4. The van der Waals surface area contributed by atoms with Gasteiger partial charge in [0, 0.05) is 16.5 Å². The lowest BCUT2D eigenvalue weighted by molar-refractivity contribution is 0.637. The van der Waals surface area contributed by atoms with Crippen LogP contribution in [-0.2, 0) is 6.42 Å². The summed E-state index contributed by atoms with van der Waals surface area (Å²) < 4.78 is 0.886. The van der Waals surface area contributed by atoms with Gasteiger partial charge >= 0.3 is 0 Å². The molecular weight excluding hydrogens is 358 g/mol. The highest BCUT2D eigenvalue weighted by Crippen LogP contribution is 2.30.